The van der Waals surface area contributed by atoms with E-state index < -0.39 is 5.97 Å². The van der Waals surface area contributed by atoms with Gasteiger partial charge in [-0.3, -0.25) is 9.78 Å². The molecule has 1 aromatic rings. The molecule has 122 valence electrons. The highest BCUT2D eigenvalue weighted by Crippen LogP contribution is 2.07. The van der Waals surface area contributed by atoms with Crippen molar-refractivity contribution in [1.82, 2.24) is 14.8 Å². The molecule has 1 rings (SSSR count). The second kappa shape index (κ2) is 9.15. The van der Waals surface area contributed by atoms with Crippen LogP contribution in [0.5, 0.6) is 0 Å². The van der Waals surface area contributed by atoms with Gasteiger partial charge in [-0.1, -0.05) is 0 Å². The molecule has 0 bridgehead atoms. The summed E-state index contributed by atoms with van der Waals surface area (Å²) in [6.45, 7) is 4.27. The van der Waals surface area contributed by atoms with E-state index >= 15 is 0 Å². The van der Waals surface area contributed by atoms with Gasteiger partial charge in [-0.15, -0.1) is 0 Å². The van der Waals surface area contributed by atoms with Crippen molar-refractivity contribution in [3.63, 3.8) is 0 Å². The largest absolute Gasteiger partial charge is 0.478 e. The van der Waals surface area contributed by atoms with Crippen LogP contribution in [0.3, 0.4) is 0 Å². The zero-order valence-corrected chi connectivity index (χ0v) is 13.6. The van der Waals surface area contributed by atoms with Crippen LogP contribution in [0.25, 0.3) is 0 Å². The average Bonchev–Trinajstić information content (AvgIpc) is 2.48. The second-order valence-corrected chi connectivity index (χ2v) is 5.47. The second-order valence-electron chi connectivity index (χ2n) is 5.47. The Morgan fingerprint density at radius 1 is 1.27 bits per heavy atom. The van der Waals surface area contributed by atoms with Crippen LogP contribution in [0.2, 0.25) is 0 Å². The topological polar surface area (TPSA) is 73.7 Å². The van der Waals surface area contributed by atoms with Gasteiger partial charge in [-0.05, 0) is 46.0 Å². The smallest absolute Gasteiger partial charge is 0.335 e. The molecular formula is C16H25N3O3. The van der Waals surface area contributed by atoms with Gasteiger partial charge in [-0.25, -0.2) is 4.79 Å². The Kier molecular flexibility index (Phi) is 7.52. The number of carbonyl (C=O) groups is 2. The fourth-order valence-corrected chi connectivity index (χ4v) is 2.11. The van der Waals surface area contributed by atoms with Gasteiger partial charge < -0.3 is 14.9 Å². The fraction of sp³-hybridized carbons (Fsp3) is 0.562. The van der Waals surface area contributed by atoms with Gasteiger partial charge in [0.05, 0.1) is 5.56 Å². The molecule has 0 atom stereocenters. The third kappa shape index (κ3) is 6.22. The van der Waals surface area contributed by atoms with Crippen LogP contribution in [-0.4, -0.2) is 65.5 Å². The minimum absolute atomic E-state index is 0.138. The first-order valence-electron chi connectivity index (χ1n) is 7.54. The van der Waals surface area contributed by atoms with Gasteiger partial charge in [0.15, 0.2) is 0 Å². The molecule has 0 radical (unpaired) electrons. The Morgan fingerprint density at radius 2 is 2.00 bits per heavy atom. The maximum absolute atomic E-state index is 12.1. The lowest BCUT2D eigenvalue weighted by atomic mass is 10.1. The molecule has 0 aliphatic carbocycles. The molecule has 0 spiro atoms. The van der Waals surface area contributed by atoms with Crippen LogP contribution in [0, 0.1) is 0 Å². The highest BCUT2D eigenvalue weighted by molar-refractivity contribution is 5.87. The van der Waals surface area contributed by atoms with E-state index in [2.05, 4.69) is 9.88 Å². The standard InChI is InChI=1S/C16H25N3O3/c1-4-19(11-10-18(2)3)15(20)7-5-6-14-12-13(16(21)22)8-9-17-14/h8-9,12H,4-7,10-11H2,1-3H3,(H,21,22). The summed E-state index contributed by atoms with van der Waals surface area (Å²) in [5.74, 6) is -0.820. The number of carbonyl (C=O) groups excluding carboxylic acids is 1. The molecule has 0 aromatic carbocycles. The van der Waals surface area contributed by atoms with Crippen molar-refractivity contribution in [3.05, 3.63) is 29.6 Å². The number of amides is 1. The monoisotopic (exact) mass is 307 g/mol. The van der Waals surface area contributed by atoms with Gasteiger partial charge in [0.2, 0.25) is 5.91 Å². The molecule has 0 saturated heterocycles. The summed E-state index contributed by atoms with van der Waals surface area (Å²) in [5, 5.41) is 8.94. The number of carboxylic acid groups (broad SMARTS) is 1. The quantitative estimate of drug-likeness (QED) is 0.748. The van der Waals surface area contributed by atoms with E-state index in [0.717, 1.165) is 13.1 Å². The molecule has 1 N–H and O–H groups in total. The molecule has 1 aromatic heterocycles. The number of hydrogen-bond acceptors (Lipinski definition) is 4. The van der Waals surface area contributed by atoms with Crippen molar-refractivity contribution < 1.29 is 14.7 Å². The Labute approximate surface area is 131 Å². The van der Waals surface area contributed by atoms with Crippen molar-refractivity contribution in [3.8, 4) is 0 Å². The SMILES string of the molecule is CCN(CCN(C)C)C(=O)CCCc1cc(C(=O)O)ccn1. The zero-order valence-electron chi connectivity index (χ0n) is 13.6. The zero-order chi connectivity index (χ0) is 16.5. The summed E-state index contributed by atoms with van der Waals surface area (Å²) in [4.78, 5) is 31.1. The molecule has 0 unspecified atom stereocenters. The van der Waals surface area contributed by atoms with Crippen molar-refractivity contribution in [2.75, 3.05) is 33.7 Å². The molecule has 0 aliphatic rings. The van der Waals surface area contributed by atoms with E-state index in [9.17, 15) is 9.59 Å². The average molecular weight is 307 g/mol. The lowest BCUT2D eigenvalue weighted by molar-refractivity contribution is -0.131. The van der Waals surface area contributed by atoms with Crippen LogP contribution >= 0.6 is 0 Å². The number of aryl methyl sites for hydroxylation is 1. The van der Waals surface area contributed by atoms with Crippen LogP contribution in [0.15, 0.2) is 18.3 Å². The molecule has 1 heterocycles. The first kappa shape index (κ1) is 18.1. The normalized spacial score (nSPS) is 10.7. The first-order valence-corrected chi connectivity index (χ1v) is 7.54. The fourth-order valence-electron chi connectivity index (χ4n) is 2.11. The summed E-state index contributed by atoms with van der Waals surface area (Å²) in [6.07, 6.45) is 3.24. The van der Waals surface area contributed by atoms with Gasteiger partial charge in [0, 0.05) is 37.9 Å². The third-order valence-corrected chi connectivity index (χ3v) is 3.44. The molecule has 6 heteroatoms. The Hall–Kier alpha value is -1.95. The number of hydrogen-bond donors (Lipinski definition) is 1. The summed E-state index contributed by atoms with van der Waals surface area (Å²) in [6, 6.07) is 3.04. The number of pyridine rings is 1. The predicted molar refractivity (Wildman–Crippen MR) is 84.9 cm³/mol. The predicted octanol–water partition coefficient (Wildman–Crippen LogP) is 1.51. The van der Waals surface area contributed by atoms with Crippen LogP contribution in [0.1, 0.15) is 35.8 Å². The Balaban J connectivity index is 2.43. The van der Waals surface area contributed by atoms with E-state index in [-0.39, 0.29) is 11.5 Å². The Morgan fingerprint density at radius 3 is 2.59 bits per heavy atom. The van der Waals surface area contributed by atoms with Crippen LogP contribution in [0.4, 0.5) is 0 Å². The molecule has 22 heavy (non-hydrogen) atoms. The van der Waals surface area contributed by atoms with Crippen molar-refractivity contribution in [2.24, 2.45) is 0 Å². The van der Waals surface area contributed by atoms with E-state index in [0.29, 0.717) is 31.5 Å². The van der Waals surface area contributed by atoms with E-state index in [1.165, 1.54) is 12.3 Å². The van der Waals surface area contributed by atoms with Gasteiger partial charge in [-0.2, -0.15) is 0 Å². The summed E-state index contributed by atoms with van der Waals surface area (Å²) in [5.41, 5.74) is 0.946. The third-order valence-electron chi connectivity index (χ3n) is 3.44. The number of nitrogens with zero attached hydrogens (tertiary/aromatic N) is 3. The molecule has 0 saturated carbocycles. The number of carboxylic acids is 1. The van der Waals surface area contributed by atoms with Gasteiger partial charge >= 0.3 is 5.97 Å². The summed E-state index contributed by atoms with van der Waals surface area (Å²) in [7, 11) is 3.97. The van der Waals surface area contributed by atoms with E-state index in [1.54, 1.807) is 6.07 Å². The first-order chi connectivity index (χ1) is 10.4. The minimum Gasteiger partial charge on any atom is -0.478 e. The number of rotatable bonds is 9. The number of likely N-dealkylation sites (N-methyl/N-ethyl adjacent to an activating group) is 2. The molecular weight excluding hydrogens is 282 g/mol. The molecule has 0 aliphatic heterocycles. The molecule has 6 nitrogen and oxygen atoms in total. The highest BCUT2D eigenvalue weighted by atomic mass is 16.4. The molecule has 0 fully saturated rings. The van der Waals surface area contributed by atoms with E-state index in [1.807, 2.05) is 25.9 Å². The van der Waals surface area contributed by atoms with Crippen LogP contribution < -0.4 is 0 Å². The molecule has 1 amide bonds. The maximum atomic E-state index is 12.1. The summed E-state index contributed by atoms with van der Waals surface area (Å²) >= 11 is 0. The maximum Gasteiger partial charge on any atom is 0.335 e. The number of aromatic carboxylic acids is 1. The van der Waals surface area contributed by atoms with Crippen molar-refractivity contribution in [2.45, 2.75) is 26.2 Å². The lowest BCUT2D eigenvalue weighted by Gasteiger charge is -2.22. The van der Waals surface area contributed by atoms with Crippen molar-refractivity contribution >= 4 is 11.9 Å². The highest BCUT2D eigenvalue weighted by Gasteiger charge is 2.12. The van der Waals surface area contributed by atoms with Crippen molar-refractivity contribution in [1.29, 1.82) is 0 Å². The minimum atomic E-state index is -0.958. The lowest BCUT2D eigenvalue weighted by Crippen LogP contribution is -2.36. The van der Waals surface area contributed by atoms with Gasteiger partial charge in [0.25, 0.3) is 0 Å². The van der Waals surface area contributed by atoms with E-state index in [4.69, 9.17) is 5.11 Å². The van der Waals surface area contributed by atoms with Gasteiger partial charge in [0.1, 0.15) is 0 Å². The summed E-state index contributed by atoms with van der Waals surface area (Å²) < 4.78 is 0. The van der Waals surface area contributed by atoms with Crippen LogP contribution in [-0.2, 0) is 11.2 Å². The number of aromatic nitrogens is 1. The Bertz CT molecular complexity index is 503.